The van der Waals surface area contributed by atoms with Crippen LogP contribution in [0.25, 0.3) is 0 Å². The molecule has 0 spiro atoms. The molecule has 1 heterocycles. The fourth-order valence-electron chi connectivity index (χ4n) is 2.33. The van der Waals surface area contributed by atoms with Gasteiger partial charge in [0.25, 0.3) is 0 Å². The normalized spacial score (nSPS) is 17.0. The maximum Gasteiger partial charge on any atom is 0.349 e. The molecule has 22 heavy (non-hydrogen) atoms. The number of fused-ring (bicyclic) bond motifs is 1. The molecule has 1 aliphatic heterocycles. The van der Waals surface area contributed by atoms with Gasteiger partial charge in [0.2, 0.25) is 5.78 Å². The fourth-order valence-corrected chi connectivity index (χ4v) is 2.45. The third-order valence-corrected chi connectivity index (χ3v) is 3.68. The third-order valence-electron chi connectivity index (χ3n) is 3.43. The summed E-state index contributed by atoms with van der Waals surface area (Å²) >= 11 is 5.68. The van der Waals surface area contributed by atoms with Crippen LogP contribution in [0.2, 0.25) is 5.02 Å². The zero-order chi connectivity index (χ0) is 15.9. The van der Waals surface area contributed by atoms with Crippen LogP contribution in [0.5, 0.6) is 0 Å². The number of ether oxygens (including phenoxy) is 1. The van der Waals surface area contributed by atoms with E-state index in [0.717, 1.165) is 0 Å². The van der Waals surface area contributed by atoms with Crippen molar-refractivity contribution in [2.24, 2.45) is 0 Å². The molecule has 1 aliphatic rings. The molecular formula is C16H9ClF2O3. The zero-order valence-electron chi connectivity index (χ0n) is 11.1. The van der Waals surface area contributed by atoms with Gasteiger partial charge in [-0.05, 0) is 30.3 Å². The largest absolute Gasteiger partial charge is 0.447 e. The van der Waals surface area contributed by atoms with Crippen molar-refractivity contribution in [3.8, 4) is 0 Å². The molecule has 112 valence electrons. The van der Waals surface area contributed by atoms with Gasteiger partial charge in [-0.15, -0.1) is 0 Å². The Kier molecular flexibility index (Phi) is 3.45. The maximum absolute atomic E-state index is 14.5. The molecular weight excluding hydrogens is 314 g/mol. The number of carbonyl (C=O) groups is 2. The van der Waals surface area contributed by atoms with Gasteiger partial charge in [0, 0.05) is 16.1 Å². The van der Waals surface area contributed by atoms with E-state index in [1.54, 1.807) is 6.07 Å². The maximum atomic E-state index is 14.5. The van der Waals surface area contributed by atoms with Crippen LogP contribution in [-0.2, 0) is 4.74 Å². The van der Waals surface area contributed by atoms with Crippen molar-refractivity contribution in [1.29, 1.82) is 0 Å². The van der Waals surface area contributed by atoms with Crippen molar-refractivity contribution in [2.75, 3.05) is 0 Å². The number of alkyl halides is 2. The predicted molar refractivity (Wildman–Crippen MR) is 75.3 cm³/mol. The average molecular weight is 323 g/mol. The molecule has 1 atom stereocenters. The minimum absolute atomic E-state index is 0.0137. The summed E-state index contributed by atoms with van der Waals surface area (Å²) in [5.41, 5.74) is -0.134. The molecule has 0 saturated heterocycles. The van der Waals surface area contributed by atoms with Gasteiger partial charge in [0.1, 0.15) is 0 Å². The third kappa shape index (κ3) is 2.27. The summed E-state index contributed by atoms with van der Waals surface area (Å²) in [5.74, 6) is -6.14. The smallest absolute Gasteiger partial charge is 0.349 e. The summed E-state index contributed by atoms with van der Waals surface area (Å²) in [6.45, 7) is 0. The Bertz CT molecular complexity index is 756. The van der Waals surface area contributed by atoms with Crippen LogP contribution in [0.3, 0.4) is 0 Å². The average Bonchev–Trinajstić information content (AvgIpc) is 2.86. The summed E-state index contributed by atoms with van der Waals surface area (Å²) < 4.78 is 33.7. The first kappa shape index (κ1) is 14.7. The van der Waals surface area contributed by atoms with Crippen LogP contribution in [0.4, 0.5) is 8.78 Å². The lowest BCUT2D eigenvalue weighted by Crippen LogP contribution is -2.36. The molecule has 0 amide bonds. The monoisotopic (exact) mass is 322 g/mol. The standard InChI is InChI=1S/C16H9ClF2O3/c17-10-7-5-9(6-8-10)13(20)16(18,19)14-11-3-1-2-4-12(11)15(21)22-14/h1-8,14H/t14-/m1/s1. The van der Waals surface area contributed by atoms with Crippen molar-refractivity contribution in [1.82, 2.24) is 0 Å². The van der Waals surface area contributed by atoms with E-state index in [0.29, 0.717) is 5.02 Å². The summed E-state index contributed by atoms with van der Waals surface area (Å²) in [6.07, 6.45) is -1.92. The van der Waals surface area contributed by atoms with Crippen LogP contribution in [0.1, 0.15) is 32.4 Å². The zero-order valence-corrected chi connectivity index (χ0v) is 11.8. The first-order chi connectivity index (χ1) is 10.4. The lowest BCUT2D eigenvalue weighted by atomic mass is 9.95. The Labute approximate surface area is 129 Å². The summed E-state index contributed by atoms with van der Waals surface area (Å²) in [7, 11) is 0. The van der Waals surface area contributed by atoms with Gasteiger partial charge in [-0.1, -0.05) is 29.8 Å². The van der Waals surface area contributed by atoms with Crippen LogP contribution in [-0.4, -0.2) is 17.7 Å². The molecule has 2 aromatic rings. The summed E-state index contributed by atoms with van der Waals surface area (Å²) in [4.78, 5) is 23.7. The van der Waals surface area contributed by atoms with Gasteiger partial charge in [0.05, 0.1) is 5.56 Å². The highest BCUT2D eigenvalue weighted by Crippen LogP contribution is 2.43. The lowest BCUT2D eigenvalue weighted by molar-refractivity contribution is -0.0820. The van der Waals surface area contributed by atoms with Crippen LogP contribution in [0, 0.1) is 0 Å². The van der Waals surface area contributed by atoms with Gasteiger partial charge < -0.3 is 4.74 Å². The van der Waals surface area contributed by atoms with Crippen LogP contribution in [0.15, 0.2) is 48.5 Å². The number of hydrogen-bond acceptors (Lipinski definition) is 3. The molecule has 0 bridgehead atoms. The highest BCUT2D eigenvalue weighted by Gasteiger charge is 2.54. The van der Waals surface area contributed by atoms with Gasteiger partial charge in [-0.2, -0.15) is 8.78 Å². The quantitative estimate of drug-likeness (QED) is 0.632. The Morgan fingerprint density at radius 2 is 1.73 bits per heavy atom. The summed E-state index contributed by atoms with van der Waals surface area (Å²) in [6, 6.07) is 10.9. The number of benzene rings is 2. The second-order valence-electron chi connectivity index (χ2n) is 4.83. The van der Waals surface area contributed by atoms with Crippen molar-refractivity contribution >= 4 is 23.4 Å². The number of carbonyl (C=O) groups excluding carboxylic acids is 2. The highest BCUT2D eigenvalue weighted by atomic mass is 35.5. The SMILES string of the molecule is O=C1O[C@@H](C(F)(F)C(=O)c2ccc(Cl)cc2)c2ccccc21. The van der Waals surface area contributed by atoms with E-state index >= 15 is 0 Å². The molecule has 0 saturated carbocycles. The van der Waals surface area contributed by atoms with E-state index in [2.05, 4.69) is 0 Å². The predicted octanol–water partition coefficient (Wildman–Crippen LogP) is 4.07. The van der Waals surface area contributed by atoms with Gasteiger partial charge in [-0.3, -0.25) is 4.79 Å². The number of cyclic esters (lactones) is 1. The molecule has 0 aliphatic carbocycles. The Morgan fingerprint density at radius 1 is 1.09 bits per heavy atom. The number of halogens is 3. The summed E-state index contributed by atoms with van der Waals surface area (Å²) in [5, 5.41) is 0.331. The molecule has 0 aromatic heterocycles. The van der Waals surface area contributed by atoms with E-state index in [4.69, 9.17) is 16.3 Å². The topological polar surface area (TPSA) is 43.4 Å². The number of rotatable bonds is 3. The van der Waals surface area contributed by atoms with Crippen molar-refractivity contribution in [2.45, 2.75) is 12.0 Å². The minimum atomic E-state index is -3.86. The van der Waals surface area contributed by atoms with E-state index in [1.807, 2.05) is 0 Å². The van der Waals surface area contributed by atoms with E-state index in [1.165, 1.54) is 42.5 Å². The Hall–Kier alpha value is -2.27. The molecule has 0 radical (unpaired) electrons. The van der Waals surface area contributed by atoms with E-state index < -0.39 is 23.8 Å². The molecule has 0 unspecified atom stereocenters. The fraction of sp³-hybridized carbons (Fsp3) is 0.125. The van der Waals surface area contributed by atoms with Gasteiger partial charge in [-0.25, -0.2) is 4.79 Å². The second kappa shape index (κ2) is 5.18. The molecule has 2 aromatic carbocycles. The first-order valence-corrected chi connectivity index (χ1v) is 6.77. The van der Waals surface area contributed by atoms with E-state index in [-0.39, 0.29) is 16.7 Å². The Balaban J connectivity index is 1.98. The minimum Gasteiger partial charge on any atom is -0.447 e. The van der Waals surface area contributed by atoms with Gasteiger partial charge in [0.15, 0.2) is 6.10 Å². The van der Waals surface area contributed by atoms with Gasteiger partial charge >= 0.3 is 11.9 Å². The van der Waals surface area contributed by atoms with Crippen molar-refractivity contribution in [3.05, 3.63) is 70.2 Å². The van der Waals surface area contributed by atoms with Crippen LogP contribution >= 0.6 is 11.6 Å². The van der Waals surface area contributed by atoms with Crippen molar-refractivity contribution in [3.63, 3.8) is 0 Å². The number of esters is 1. The molecule has 3 nitrogen and oxygen atoms in total. The number of ketones is 1. The number of Topliss-reactive ketones (excluding diaryl/α,β-unsaturated/α-hetero) is 1. The van der Waals surface area contributed by atoms with E-state index in [9.17, 15) is 18.4 Å². The Morgan fingerprint density at radius 3 is 2.41 bits per heavy atom. The lowest BCUT2D eigenvalue weighted by Gasteiger charge is -2.21. The highest BCUT2D eigenvalue weighted by molar-refractivity contribution is 6.30. The first-order valence-electron chi connectivity index (χ1n) is 6.39. The number of hydrogen-bond donors (Lipinski definition) is 0. The van der Waals surface area contributed by atoms with Crippen molar-refractivity contribution < 1.29 is 23.1 Å². The second-order valence-corrected chi connectivity index (χ2v) is 5.27. The molecule has 3 rings (SSSR count). The molecule has 6 heteroatoms. The molecule has 0 fully saturated rings. The molecule has 0 N–H and O–H groups in total. The van der Waals surface area contributed by atoms with Crippen LogP contribution < -0.4 is 0 Å².